The van der Waals surface area contributed by atoms with E-state index in [1.54, 1.807) is 13.1 Å². The molecule has 0 spiro atoms. The van der Waals surface area contributed by atoms with Gasteiger partial charge in [0.15, 0.2) is 0 Å². The molecule has 124 valence electrons. The van der Waals surface area contributed by atoms with Gasteiger partial charge in [-0.25, -0.2) is 9.97 Å². The molecule has 3 heterocycles. The first-order valence-electron chi connectivity index (χ1n) is 7.74. The van der Waals surface area contributed by atoms with E-state index in [1.165, 1.54) is 11.3 Å². The normalized spacial score (nSPS) is 12.1. The second kappa shape index (κ2) is 7.53. The summed E-state index contributed by atoms with van der Waals surface area (Å²) in [6.07, 6.45) is 1.84. The molecule has 6 heteroatoms. The van der Waals surface area contributed by atoms with Crippen LogP contribution in [0.1, 0.15) is 23.5 Å². The number of aliphatic hydroxyl groups is 2. The Bertz CT molecular complexity index is 817. The molecule has 0 aliphatic heterocycles. The molecule has 0 aliphatic rings. The monoisotopic (exact) mass is 341 g/mol. The SMILES string of the molecule is CC(O)c1ccc(-c2cccc(Nc3cc(CCO)ccn3)n2)s1. The van der Waals surface area contributed by atoms with Crippen molar-refractivity contribution in [2.24, 2.45) is 0 Å². The first-order chi connectivity index (χ1) is 11.7. The molecule has 3 aromatic heterocycles. The first kappa shape index (κ1) is 16.6. The Labute approximate surface area is 144 Å². The van der Waals surface area contributed by atoms with Crippen LogP contribution in [-0.2, 0) is 6.42 Å². The third kappa shape index (κ3) is 3.97. The maximum absolute atomic E-state index is 9.65. The summed E-state index contributed by atoms with van der Waals surface area (Å²) in [5, 5.41) is 21.9. The number of pyridine rings is 2. The summed E-state index contributed by atoms with van der Waals surface area (Å²) in [5.41, 5.74) is 1.87. The Hall–Kier alpha value is -2.28. The molecule has 3 rings (SSSR count). The Morgan fingerprint density at radius 2 is 2.04 bits per heavy atom. The van der Waals surface area contributed by atoms with E-state index in [0.717, 1.165) is 21.0 Å². The zero-order valence-corrected chi connectivity index (χ0v) is 14.1. The number of nitrogens with zero attached hydrogens (tertiary/aromatic N) is 2. The van der Waals surface area contributed by atoms with Gasteiger partial charge in [0.05, 0.1) is 16.7 Å². The lowest BCUT2D eigenvalue weighted by Gasteiger charge is -2.07. The fraction of sp³-hybridized carbons (Fsp3) is 0.222. The highest BCUT2D eigenvalue weighted by atomic mass is 32.1. The zero-order valence-electron chi connectivity index (χ0n) is 13.3. The minimum atomic E-state index is -0.469. The molecular formula is C18H19N3O2S. The van der Waals surface area contributed by atoms with Gasteiger partial charge in [-0.2, -0.15) is 0 Å². The van der Waals surface area contributed by atoms with Crippen molar-refractivity contribution in [1.82, 2.24) is 9.97 Å². The van der Waals surface area contributed by atoms with Crippen LogP contribution < -0.4 is 5.32 Å². The Morgan fingerprint density at radius 1 is 1.17 bits per heavy atom. The smallest absolute Gasteiger partial charge is 0.132 e. The van der Waals surface area contributed by atoms with Crippen LogP contribution in [0, 0.1) is 0 Å². The van der Waals surface area contributed by atoms with E-state index in [4.69, 9.17) is 5.11 Å². The largest absolute Gasteiger partial charge is 0.396 e. The van der Waals surface area contributed by atoms with Crippen molar-refractivity contribution in [2.45, 2.75) is 19.4 Å². The van der Waals surface area contributed by atoms with Crippen molar-refractivity contribution in [3.63, 3.8) is 0 Å². The van der Waals surface area contributed by atoms with Gasteiger partial charge in [-0.15, -0.1) is 11.3 Å². The molecule has 1 unspecified atom stereocenters. The highest BCUT2D eigenvalue weighted by Crippen LogP contribution is 2.31. The van der Waals surface area contributed by atoms with Crippen LogP contribution in [0.4, 0.5) is 11.6 Å². The number of rotatable bonds is 6. The lowest BCUT2D eigenvalue weighted by atomic mass is 10.2. The maximum atomic E-state index is 9.65. The number of nitrogens with one attached hydrogen (secondary N) is 1. The third-order valence-corrected chi connectivity index (χ3v) is 4.80. The standard InChI is InChI=1S/C18H19N3O2S/c1-12(23)15-5-6-16(24-15)14-3-2-4-17(20-14)21-18-11-13(8-10-22)7-9-19-18/h2-7,9,11-12,22-23H,8,10H2,1H3,(H,19,20,21). The van der Waals surface area contributed by atoms with Crippen molar-refractivity contribution in [2.75, 3.05) is 11.9 Å². The Kier molecular flexibility index (Phi) is 5.20. The molecule has 0 radical (unpaired) electrons. The average molecular weight is 341 g/mol. The zero-order chi connectivity index (χ0) is 16.9. The number of aromatic nitrogens is 2. The summed E-state index contributed by atoms with van der Waals surface area (Å²) in [4.78, 5) is 10.8. The quantitative estimate of drug-likeness (QED) is 0.639. The van der Waals surface area contributed by atoms with Crippen molar-refractivity contribution in [3.8, 4) is 10.6 Å². The predicted molar refractivity (Wildman–Crippen MR) is 96.5 cm³/mol. The van der Waals surface area contributed by atoms with Gasteiger partial charge in [0.25, 0.3) is 0 Å². The van der Waals surface area contributed by atoms with E-state index in [0.29, 0.717) is 18.1 Å². The van der Waals surface area contributed by atoms with Gasteiger partial charge in [-0.3, -0.25) is 0 Å². The van der Waals surface area contributed by atoms with Gasteiger partial charge < -0.3 is 15.5 Å². The second-order valence-corrected chi connectivity index (χ2v) is 6.55. The van der Waals surface area contributed by atoms with E-state index in [-0.39, 0.29) is 6.61 Å². The number of thiophene rings is 1. The number of aliphatic hydroxyl groups excluding tert-OH is 2. The summed E-state index contributed by atoms with van der Waals surface area (Å²) >= 11 is 1.53. The Morgan fingerprint density at radius 3 is 2.79 bits per heavy atom. The molecule has 0 amide bonds. The molecule has 3 aromatic rings. The minimum absolute atomic E-state index is 0.112. The molecule has 0 aliphatic carbocycles. The van der Waals surface area contributed by atoms with E-state index in [1.807, 2.05) is 42.5 Å². The average Bonchev–Trinajstić information content (AvgIpc) is 3.06. The fourth-order valence-corrected chi connectivity index (χ4v) is 3.23. The minimum Gasteiger partial charge on any atom is -0.396 e. The highest BCUT2D eigenvalue weighted by molar-refractivity contribution is 7.15. The highest BCUT2D eigenvalue weighted by Gasteiger charge is 2.09. The fourth-order valence-electron chi connectivity index (χ4n) is 2.32. The van der Waals surface area contributed by atoms with Gasteiger partial charge in [0, 0.05) is 17.7 Å². The molecule has 0 saturated heterocycles. The molecule has 0 saturated carbocycles. The van der Waals surface area contributed by atoms with Crippen LogP contribution in [-0.4, -0.2) is 26.8 Å². The molecule has 3 N–H and O–H groups in total. The lowest BCUT2D eigenvalue weighted by molar-refractivity contribution is 0.203. The Balaban J connectivity index is 1.81. The van der Waals surface area contributed by atoms with Crippen LogP contribution in [0.25, 0.3) is 10.6 Å². The first-order valence-corrected chi connectivity index (χ1v) is 8.55. The summed E-state index contributed by atoms with van der Waals surface area (Å²) < 4.78 is 0. The molecule has 5 nitrogen and oxygen atoms in total. The third-order valence-electron chi connectivity index (χ3n) is 3.52. The summed E-state index contributed by atoms with van der Waals surface area (Å²) in [6.45, 7) is 1.87. The predicted octanol–water partition coefficient (Wildman–Crippen LogP) is 3.54. The van der Waals surface area contributed by atoms with E-state index in [9.17, 15) is 5.11 Å². The van der Waals surface area contributed by atoms with E-state index < -0.39 is 6.10 Å². The van der Waals surface area contributed by atoms with Gasteiger partial charge in [0.1, 0.15) is 11.6 Å². The van der Waals surface area contributed by atoms with Gasteiger partial charge in [-0.1, -0.05) is 6.07 Å². The van der Waals surface area contributed by atoms with E-state index >= 15 is 0 Å². The topological polar surface area (TPSA) is 78.3 Å². The van der Waals surface area contributed by atoms with Gasteiger partial charge >= 0.3 is 0 Å². The van der Waals surface area contributed by atoms with Gasteiger partial charge in [0.2, 0.25) is 0 Å². The second-order valence-electron chi connectivity index (χ2n) is 5.43. The molecule has 0 fully saturated rings. The summed E-state index contributed by atoms with van der Waals surface area (Å²) in [5.74, 6) is 1.40. The summed E-state index contributed by atoms with van der Waals surface area (Å²) in [6, 6.07) is 13.4. The molecule has 1 atom stereocenters. The van der Waals surface area contributed by atoms with Crippen molar-refractivity contribution >= 4 is 23.0 Å². The van der Waals surface area contributed by atoms with Crippen molar-refractivity contribution in [3.05, 3.63) is 59.1 Å². The maximum Gasteiger partial charge on any atom is 0.132 e. The number of hydrogen-bond acceptors (Lipinski definition) is 6. The number of anilines is 2. The van der Waals surface area contributed by atoms with Crippen molar-refractivity contribution < 1.29 is 10.2 Å². The van der Waals surface area contributed by atoms with Gasteiger partial charge in [-0.05, 0) is 55.3 Å². The molecule has 0 bridgehead atoms. The van der Waals surface area contributed by atoms with Crippen LogP contribution in [0.15, 0.2) is 48.7 Å². The van der Waals surface area contributed by atoms with Crippen LogP contribution in [0.5, 0.6) is 0 Å². The molecule has 24 heavy (non-hydrogen) atoms. The summed E-state index contributed by atoms with van der Waals surface area (Å²) in [7, 11) is 0. The lowest BCUT2D eigenvalue weighted by Crippen LogP contribution is -1.98. The van der Waals surface area contributed by atoms with Crippen LogP contribution in [0.3, 0.4) is 0 Å². The van der Waals surface area contributed by atoms with E-state index in [2.05, 4.69) is 15.3 Å². The molecule has 0 aromatic carbocycles. The number of hydrogen-bond donors (Lipinski definition) is 3. The molecular weight excluding hydrogens is 322 g/mol. The van der Waals surface area contributed by atoms with Crippen LogP contribution in [0.2, 0.25) is 0 Å². The van der Waals surface area contributed by atoms with Crippen LogP contribution >= 0.6 is 11.3 Å². The van der Waals surface area contributed by atoms with Crippen molar-refractivity contribution in [1.29, 1.82) is 0 Å².